The van der Waals surface area contributed by atoms with Crippen molar-refractivity contribution in [3.63, 3.8) is 0 Å². The van der Waals surface area contributed by atoms with E-state index in [1.54, 1.807) is 24.3 Å². The van der Waals surface area contributed by atoms with Crippen LogP contribution in [0.4, 0.5) is 10.1 Å². The van der Waals surface area contributed by atoms with Crippen molar-refractivity contribution in [3.8, 4) is 11.4 Å². The Balaban J connectivity index is 0.000000238. The van der Waals surface area contributed by atoms with E-state index in [0.29, 0.717) is 11.6 Å². The van der Waals surface area contributed by atoms with E-state index in [-0.39, 0.29) is 29.0 Å². The average Bonchev–Trinajstić information content (AvgIpc) is 3.86. The monoisotopic (exact) mass is 713 g/mol. The summed E-state index contributed by atoms with van der Waals surface area (Å²) in [6, 6.07) is 22.6. The fourth-order valence-electron chi connectivity index (χ4n) is 6.29. The van der Waals surface area contributed by atoms with Gasteiger partial charge in [-0.2, -0.15) is 0 Å². The number of para-hydroxylation sites is 1. The van der Waals surface area contributed by atoms with Crippen molar-refractivity contribution < 1.29 is 8.81 Å². The SMILES string of the molecule is C=CCn1c(-c2ccccc2F)ncc(NC2(c3ccc4oc5ccccc5c4c3)CC2)c1=O.CCCC.CNC/C(C)=C/c1cnccc1C(C)C. The summed E-state index contributed by atoms with van der Waals surface area (Å²) in [6.07, 6.45) is 13.6. The number of benzene rings is 3. The van der Waals surface area contributed by atoms with Gasteiger partial charge in [0.1, 0.15) is 28.5 Å². The quantitative estimate of drug-likeness (QED) is 0.130. The van der Waals surface area contributed by atoms with Gasteiger partial charge in [0.25, 0.3) is 5.56 Å². The topological polar surface area (TPSA) is 85.0 Å². The molecule has 0 spiro atoms. The summed E-state index contributed by atoms with van der Waals surface area (Å²) in [6.45, 7) is 15.8. The first kappa shape index (κ1) is 38.9. The molecular formula is C45H52FN5O2. The van der Waals surface area contributed by atoms with Gasteiger partial charge in [-0.25, -0.2) is 9.37 Å². The molecule has 7 nitrogen and oxygen atoms in total. The molecule has 0 atom stereocenters. The molecule has 0 unspecified atom stereocenters. The molecule has 3 heterocycles. The second kappa shape index (κ2) is 17.9. The number of unbranched alkanes of at least 4 members (excludes halogenated alkanes) is 1. The van der Waals surface area contributed by atoms with E-state index in [2.05, 4.69) is 86.1 Å². The zero-order valence-corrected chi connectivity index (χ0v) is 31.9. The third kappa shape index (κ3) is 9.18. The zero-order valence-electron chi connectivity index (χ0n) is 31.9. The summed E-state index contributed by atoms with van der Waals surface area (Å²) in [5.74, 6) is 0.401. The number of allylic oxidation sites excluding steroid dienone is 1. The molecule has 7 rings (SSSR count). The van der Waals surface area contributed by atoms with Crippen molar-refractivity contribution in [2.24, 2.45) is 0 Å². The predicted molar refractivity (Wildman–Crippen MR) is 219 cm³/mol. The van der Waals surface area contributed by atoms with Crippen LogP contribution in [0.3, 0.4) is 0 Å². The highest BCUT2D eigenvalue weighted by Crippen LogP contribution is 2.49. The van der Waals surface area contributed by atoms with Crippen LogP contribution in [0, 0.1) is 5.82 Å². The van der Waals surface area contributed by atoms with Crippen LogP contribution in [0.15, 0.2) is 119 Å². The first-order valence-electron chi connectivity index (χ1n) is 18.6. The zero-order chi connectivity index (χ0) is 38.0. The Labute approximate surface area is 312 Å². The average molecular weight is 714 g/mol. The molecule has 3 aromatic carbocycles. The van der Waals surface area contributed by atoms with Crippen molar-refractivity contribution in [2.75, 3.05) is 18.9 Å². The number of nitrogens with zero attached hydrogens (tertiary/aromatic N) is 3. The molecular weight excluding hydrogens is 662 g/mol. The van der Waals surface area contributed by atoms with Gasteiger partial charge in [-0.05, 0) is 85.8 Å². The number of hydrogen-bond donors (Lipinski definition) is 2. The minimum absolute atomic E-state index is 0.227. The van der Waals surface area contributed by atoms with Crippen molar-refractivity contribution in [2.45, 2.75) is 78.3 Å². The van der Waals surface area contributed by atoms with E-state index in [1.165, 1.54) is 46.4 Å². The van der Waals surface area contributed by atoms with Crippen LogP contribution in [-0.4, -0.2) is 28.1 Å². The number of anilines is 1. The highest BCUT2D eigenvalue weighted by Gasteiger charge is 2.45. The molecule has 1 fully saturated rings. The molecule has 0 bridgehead atoms. The molecule has 53 heavy (non-hydrogen) atoms. The lowest BCUT2D eigenvalue weighted by Crippen LogP contribution is -2.30. The maximum Gasteiger partial charge on any atom is 0.277 e. The number of furan rings is 1. The second-order valence-electron chi connectivity index (χ2n) is 13.9. The Bertz CT molecular complexity index is 2240. The van der Waals surface area contributed by atoms with Gasteiger partial charge in [-0.1, -0.05) is 94.7 Å². The maximum absolute atomic E-state index is 14.4. The molecule has 1 aliphatic rings. The Morgan fingerprint density at radius 1 is 1.00 bits per heavy atom. The van der Waals surface area contributed by atoms with Crippen LogP contribution in [0.2, 0.25) is 0 Å². The highest BCUT2D eigenvalue weighted by atomic mass is 19.1. The van der Waals surface area contributed by atoms with Gasteiger partial charge in [0.05, 0.1) is 17.3 Å². The number of likely N-dealkylation sites (N-methyl/N-ethyl adjacent to an activating group) is 1. The highest BCUT2D eigenvalue weighted by molar-refractivity contribution is 6.05. The molecule has 0 saturated heterocycles. The molecule has 0 amide bonds. The van der Waals surface area contributed by atoms with Gasteiger partial charge in [0.15, 0.2) is 0 Å². The number of hydrogen-bond acceptors (Lipinski definition) is 6. The molecule has 0 radical (unpaired) electrons. The first-order chi connectivity index (χ1) is 25.7. The number of aromatic nitrogens is 3. The fraction of sp³-hybridized carbons (Fsp3) is 0.311. The Kier molecular flexibility index (Phi) is 13.2. The lowest BCUT2D eigenvalue weighted by atomic mass is 9.98. The van der Waals surface area contributed by atoms with E-state index in [1.807, 2.05) is 49.8 Å². The number of fused-ring (bicyclic) bond motifs is 3. The normalized spacial score (nSPS) is 13.2. The molecule has 8 heteroatoms. The summed E-state index contributed by atoms with van der Waals surface area (Å²) in [4.78, 5) is 22.1. The summed E-state index contributed by atoms with van der Waals surface area (Å²) in [5.41, 5.74) is 6.78. The fourth-order valence-corrected chi connectivity index (χ4v) is 6.29. The van der Waals surface area contributed by atoms with Gasteiger partial charge in [0, 0.05) is 36.3 Å². The van der Waals surface area contributed by atoms with E-state index >= 15 is 0 Å². The number of nitrogens with one attached hydrogen (secondary N) is 2. The number of halogens is 1. The minimum atomic E-state index is -0.424. The first-order valence-corrected chi connectivity index (χ1v) is 18.6. The van der Waals surface area contributed by atoms with Gasteiger partial charge in [-0.15, -0.1) is 6.58 Å². The van der Waals surface area contributed by atoms with Gasteiger partial charge in [0.2, 0.25) is 0 Å². The standard InChI is InChI=1S/C28H22FN3O2.C13H20N2.C4H10/c1-2-15-32-26(20-8-3-5-9-22(20)29)30-17-23(27(32)33)31-28(13-14-28)18-11-12-25-21(16-18)19-7-4-6-10-24(19)34-25;1-10(2)13-5-6-15-9-12(13)7-11(3)8-14-4;1-3-4-2/h2-12,16-17,31H,1,13-15H2;5-7,9-10,14H,8H2,1-4H3;3-4H2,1-2H3/b;11-7+;. The minimum Gasteiger partial charge on any atom is -0.456 e. The summed E-state index contributed by atoms with van der Waals surface area (Å²) >= 11 is 0. The van der Waals surface area contributed by atoms with Crippen molar-refractivity contribution in [3.05, 3.63) is 142 Å². The third-order valence-electron chi connectivity index (χ3n) is 9.39. The van der Waals surface area contributed by atoms with Crippen molar-refractivity contribution in [1.29, 1.82) is 0 Å². The molecule has 1 aliphatic carbocycles. The van der Waals surface area contributed by atoms with E-state index < -0.39 is 5.82 Å². The number of rotatable bonds is 11. The van der Waals surface area contributed by atoms with E-state index in [4.69, 9.17) is 4.42 Å². The predicted octanol–water partition coefficient (Wildman–Crippen LogP) is 10.9. The molecule has 3 aromatic heterocycles. The Morgan fingerprint density at radius 2 is 1.72 bits per heavy atom. The van der Waals surface area contributed by atoms with Crippen LogP contribution in [0.1, 0.15) is 82.9 Å². The molecule has 6 aromatic rings. The largest absolute Gasteiger partial charge is 0.456 e. The summed E-state index contributed by atoms with van der Waals surface area (Å²) in [7, 11) is 1.96. The van der Waals surface area contributed by atoms with Crippen LogP contribution >= 0.6 is 0 Å². The Hall–Kier alpha value is -5.34. The van der Waals surface area contributed by atoms with Crippen molar-refractivity contribution >= 4 is 33.7 Å². The van der Waals surface area contributed by atoms with Crippen LogP contribution < -0.4 is 16.2 Å². The van der Waals surface area contributed by atoms with Crippen LogP contribution in [0.25, 0.3) is 39.4 Å². The molecule has 0 aliphatic heterocycles. The molecule has 276 valence electrons. The molecule has 2 N–H and O–H groups in total. The summed E-state index contributed by atoms with van der Waals surface area (Å²) < 4.78 is 21.9. The maximum atomic E-state index is 14.4. The lowest BCUT2D eigenvalue weighted by molar-refractivity contribution is 0.626. The van der Waals surface area contributed by atoms with Crippen molar-refractivity contribution in [1.82, 2.24) is 19.9 Å². The van der Waals surface area contributed by atoms with Gasteiger partial charge < -0.3 is 15.1 Å². The summed E-state index contributed by atoms with van der Waals surface area (Å²) in [5, 5.41) is 8.73. The van der Waals surface area contributed by atoms with Gasteiger partial charge >= 0.3 is 0 Å². The van der Waals surface area contributed by atoms with E-state index in [9.17, 15) is 9.18 Å². The number of pyridine rings is 1. The molecule has 1 saturated carbocycles. The van der Waals surface area contributed by atoms with E-state index in [0.717, 1.165) is 46.9 Å². The smallest absolute Gasteiger partial charge is 0.277 e. The Morgan fingerprint density at radius 3 is 2.40 bits per heavy atom. The third-order valence-corrected chi connectivity index (χ3v) is 9.39. The van der Waals surface area contributed by atoms with Gasteiger partial charge in [-0.3, -0.25) is 14.3 Å². The second-order valence-corrected chi connectivity index (χ2v) is 13.9. The van der Waals surface area contributed by atoms with Crippen LogP contribution in [-0.2, 0) is 12.1 Å². The lowest BCUT2D eigenvalue weighted by Gasteiger charge is -2.20. The van der Waals surface area contributed by atoms with Crippen LogP contribution in [0.5, 0.6) is 0 Å².